The molecule has 0 spiro atoms. The maximum atomic E-state index is 2.38. The molecule has 252 valence electrons. The van der Waals surface area contributed by atoms with Gasteiger partial charge in [-0.05, 0) is 99.1 Å². The van der Waals surface area contributed by atoms with Crippen molar-refractivity contribution in [2.45, 2.75) is 0 Å². The lowest BCUT2D eigenvalue weighted by Gasteiger charge is -2.23. The fourth-order valence-corrected chi connectivity index (χ4v) is 8.50. The largest absolute Gasteiger partial charge is 0.0622 e. The van der Waals surface area contributed by atoms with E-state index in [2.05, 4.69) is 218 Å². The molecule has 0 saturated heterocycles. The van der Waals surface area contributed by atoms with E-state index in [1.165, 1.54) is 99.1 Å². The summed E-state index contributed by atoms with van der Waals surface area (Å²) in [6.45, 7) is 0. The zero-order valence-electron chi connectivity index (χ0n) is 29.8. The van der Waals surface area contributed by atoms with Gasteiger partial charge in [-0.15, -0.1) is 0 Å². The standard InChI is InChI=1S/C54H36/c1-5-17-37(18-6-1)43-27-15-29-48(52(43)40-22-9-3-10-23-40)50-36-34-47-46-32-31-39-21-13-14-26-42(39)45(46)33-35-49(47)54(50)51-30-16-28-44(38-19-7-2-8-20-38)53(51)41-24-11-4-12-25-41/h1-36H. The Hall–Kier alpha value is -7.02. The van der Waals surface area contributed by atoms with Gasteiger partial charge in [0.25, 0.3) is 0 Å². The maximum Gasteiger partial charge on any atom is -0.00199 e. The predicted molar refractivity (Wildman–Crippen MR) is 232 cm³/mol. The smallest absolute Gasteiger partial charge is 0.00199 e. The summed E-state index contributed by atoms with van der Waals surface area (Å²) in [7, 11) is 0. The molecule has 0 N–H and O–H groups in total. The van der Waals surface area contributed by atoms with E-state index in [4.69, 9.17) is 0 Å². The Bertz CT molecular complexity index is 2940. The maximum absolute atomic E-state index is 2.38. The fourth-order valence-electron chi connectivity index (χ4n) is 8.50. The molecule has 0 aromatic heterocycles. The molecule has 0 heterocycles. The number of fused-ring (bicyclic) bond motifs is 5. The number of hydrogen-bond donors (Lipinski definition) is 0. The Labute approximate surface area is 316 Å². The quantitative estimate of drug-likeness (QED) is 0.153. The van der Waals surface area contributed by atoms with Crippen LogP contribution in [0, 0.1) is 0 Å². The summed E-state index contributed by atoms with van der Waals surface area (Å²) in [6, 6.07) is 79.9. The molecule has 0 aliphatic heterocycles. The van der Waals surface area contributed by atoms with Crippen molar-refractivity contribution in [2.24, 2.45) is 0 Å². The summed E-state index contributed by atoms with van der Waals surface area (Å²) in [5.74, 6) is 0. The van der Waals surface area contributed by atoms with Crippen molar-refractivity contribution in [1.82, 2.24) is 0 Å². The first-order chi connectivity index (χ1) is 26.8. The highest BCUT2D eigenvalue weighted by Gasteiger charge is 2.23. The van der Waals surface area contributed by atoms with Crippen LogP contribution in [-0.4, -0.2) is 0 Å². The number of benzene rings is 10. The minimum atomic E-state index is 1.20. The van der Waals surface area contributed by atoms with Crippen LogP contribution in [0.4, 0.5) is 0 Å². The van der Waals surface area contributed by atoms with E-state index in [1.54, 1.807) is 0 Å². The van der Waals surface area contributed by atoms with Crippen LogP contribution >= 0.6 is 0 Å². The molecule has 0 aliphatic carbocycles. The first kappa shape index (κ1) is 31.7. The Morgan fingerprint density at radius 1 is 0.167 bits per heavy atom. The zero-order valence-corrected chi connectivity index (χ0v) is 29.8. The van der Waals surface area contributed by atoms with Gasteiger partial charge in [0.1, 0.15) is 0 Å². The van der Waals surface area contributed by atoms with Crippen LogP contribution in [0.5, 0.6) is 0 Å². The molecule has 0 nitrogen and oxygen atoms in total. The summed E-state index contributed by atoms with van der Waals surface area (Å²) in [4.78, 5) is 0. The summed E-state index contributed by atoms with van der Waals surface area (Å²) in [6.07, 6.45) is 0. The summed E-state index contributed by atoms with van der Waals surface area (Å²) in [5.41, 5.74) is 14.6. The Kier molecular flexibility index (Phi) is 7.93. The molecule has 54 heavy (non-hydrogen) atoms. The van der Waals surface area contributed by atoms with Gasteiger partial charge in [-0.1, -0.05) is 218 Å². The second-order valence-corrected chi connectivity index (χ2v) is 14.0. The summed E-state index contributed by atoms with van der Waals surface area (Å²) < 4.78 is 0. The topological polar surface area (TPSA) is 0 Å². The third-order valence-electron chi connectivity index (χ3n) is 10.9. The normalized spacial score (nSPS) is 11.3. The molecular formula is C54H36. The van der Waals surface area contributed by atoms with Gasteiger partial charge in [0, 0.05) is 0 Å². The van der Waals surface area contributed by atoms with Crippen molar-refractivity contribution in [3.63, 3.8) is 0 Å². The van der Waals surface area contributed by atoms with Gasteiger partial charge in [0.05, 0.1) is 0 Å². The minimum absolute atomic E-state index is 1.20. The van der Waals surface area contributed by atoms with Gasteiger partial charge in [-0.25, -0.2) is 0 Å². The first-order valence-corrected chi connectivity index (χ1v) is 18.7. The third kappa shape index (κ3) is 5.40. The van der Waals surface area contributed by atoms with Gasteiger partial charge in [0.2, 0.25) is 0 Å². The lowest BCUT2D eigenvalue weighted by atomic mass is 9.80. The second kappa shape index (κ2) is 13.5. The molecule has 0 amide bonds. The summed E-state index contributed by atoms with van der Waals surface area (Å²) >= 11 is 0. The highest BCUT2D eigenvalue weighted by Crippen LogP contribution is 2.50. The van der Waals surface area contributed by atoms with Crippen LogP contribution in [0.3, 0.4) is 0 Å². The van der Waals surface area contributed by atoms with Crippen LogP contribution in [0.25, 0.3) is 99.1 Å². The average Bonchev–Trinajstić information content (AvgIpc) is 3.26. The molecule has 10 aromatic rings. The Morgan fingerprint density at radius 3 is 1.17 bits per heavy atom. The molecule has 0 bridgehead atoms. The SMILES string of the molecule is c1ccc(-c2cccc(-c3ccc4c(ccc5c6ccccc6ccc45)c3-c3cccc(-c4ccccc4)c3-c3ccccc3)c2-c2ccccc2)cc1. The molecule has 0 radical (unpaired) electrons. The van der Waals surface area contributed by atoms with Gasteiger partial charge in [-0.3, -0.25) is 0 Å². The van der Waals surface area contributed by atoms with E-state index in [1.807, 2.05) is 0 Å². The van der Waals surface area contributed by atoms with Crippen molar-refractivity contribution in [1.29, 1.82) is 0 Å². The molecule has 0 fully saturated rings. The third-order valence-corrected chi connectivity index (χ3v) is 10.9. The first-order valence-electron chi connectivity index (χ1n) is 18.7. The minimum Gasteiger partial charge on any atom is -0.0622 e. The van der Waals surface area contributed by atoms with E-state index >= 15 is 0 Å². The average molecular weight is 685 g/mol. The van der Waals surface area contributed by atoms with Crippen molar-refractivity contribution in [2.75, 3.05) is 0 Å². The highest BCUT2D eigenvalue weighted by molar-refractivity contribution is 6.22. The van der Waals surface area contributed by atoms with Crippen molar-refractivity contribution in [3.8, 4) is 66.8 Å². The van der Waals surface area contributed by atoms with Gasteiger partial charge < -0.3 is 0 Å². The molecule has 10 aromatic carbocycles. The van der Waals surface area contributed by atoms with Crippen molar-refractivity contribution < 1.29 is 0 Å². The second-order valence-electron chi connectivity index (χ2n) is 14.0. The zero-order chi connectivity index (χ0) is 35.8. The van der Waals surface area contributed by atoms with Crippen molar-refractivity contribution in [3.05, 3.63) is 218 Å². The van der Waals surface area contributed by atoms with E-state index < -0.39 is 0 Å². The molecule has 10 rings (SSSR count). The number of rotatable bonds is 6. The van der Waals surface area contributed by atoms with Crippen LogP contribution < -0.4 is 0 Å². The van der Waals surface area contributed by atoms with E-state index in [9.17, 15) is 0 Å². The molecular weight excluding hydrogens is 649 g/mol. The van der Waals surface area contributed by atoms with Crippen molar-refractivity contribution >= 4 is 32.3 Å². The molecule has 0 unspecified atom stereocenters. The Balaban J connectivity index is 1.37. The van der Waals surface area contributed by atoms with Gasteiger partial charge >= 0.3 is 0 Å². The number of hydrogen-bond acceptors (Lipinski definition) is 0. The van der Waals surface area contributed by atoms with Gasteiger partial charge in [-0.2, -0.15) is 0 Å². The Morgan fingerprint density at radius 2 is 0.556 bits per heavy atom. The van der Waals surface area contributed by atoms with E-state index in [0.717, 1.165) is 0 Å². The summed E-state index contributed by atoms with van der Waals surface area (Å²) in [5, 5.41) is 7.56. The molecule has 0 heteroatoms. The molecule has 0 saturated carbocycles. The van der Waals surface area contributed by atoms with Gasteiger partial charge in [0.15, 0.2) is 0 Å². The fraction of sp³-hybridized carbons (Fsp3) is 0. The molecule has 0 atom stereocenters. The van der Waals surface area contributed by atoms with Crippen LogP contribution in [0.1, 0.15) is 0 Å². The lowest BCUT2D eigenvalue weighted by Crippen LogP contribution is -1.96. The van der Waals surface area contributed by atoms with E-state index in [0.29, 0.717) is 0 Å². The monoisotopic (exact) mass is 684 g/mol. The predicted octanol–water partition coefficient (Wildman–Crippen LogP) is 15.1. The van der Waals surface area contributed by atoms with Crippen LogP contribution in [0.15, 0.2) is 218 Å². The van der Waals surface area contributed by atoms with Crippen LogP contribution in [0.2, 0.25) is 0 Å². The van der Waals surface area contributed by atoms with E-state index in [-0.39, 0.29) is 0 Å². The highest BCUT2D eigenvalue weighted by atomic mass is 14.3. The lowest BCUT2D eigenvalue weighted by molar-refractivity contribution is 1.55. The van der Waals surface area contributed by atoms with Crippen LogP contribution in [-0.2, 0) is 0 Å². The molecule has 0 aliphatic rings.